The molecule has 1 N–H and O–H groups in total. The molecular formula is C14H18FN3. The number of nitriles is 1. The van der Waals surface area contributed by atoms with Crippen LogP contribution < -0.4 is 5.32 Å². The van der Waals surface area contributed by atoms with E-state index < -0.39 is 5.82 Å². The second-order valence-corrected chi connectivity index (χ2v) is 4.64. The minimum atomic E-state index is -0.438. The van der Waals surface area contributed by atoms with Gasteiger partial charge in [-0.2, -0.15) is 5.26 Å². The van der Waals surface area contributed by atoms with E-state index >= 15 is 0 Å². The summed E-state index contributed by atoms with van der Waals surface area (Å²) in [5.41, 5.74) is 1.13. The Morgan fingerprint density at radius 3 is 3.00 bits per heavy atom. The topological polar surface area (TPSA) is 39.1 Å². The fourth-order valence-electron chi connectivity index (χ4n) is 2.44. The van der Waals surface area contributed by atoms with Crippen molar-refractivity contribution in [3.63, 3.8) is 0 Å². The Balaban J connectivity index is 2.09. The van der Waals surface area contributed by atoms with Gasteiger partial charge in [0.05, 0.1) is 5.56 Å². The molecule has 0 aromatic heterocycles. The molecular weight excluding hydrogens is 229 g/mol. The number of benzene rings is 1. The fraction of sp³-hybridized carbons (Fsp3) is 0.500. The Morgan fingerprint density at radius 2 is 2.39 bits per heavy atom. The molecule has 0 spiro atoms. The lowest BCUT2D eigenvalue weighted by Crippen LogP contribution is -2.36. The molecule has 2 rings (SSSR count). The Morgan fingerprint density at radius 1 is 1.56 bits per heavy atom. The molecule has 1 saturated heterocycles. The molecule has 1 aromatic rings. The van der Waals surface area contributed by atoms with Gasteiger partial charge in [-0.05, 0) is 37.2 Å². The number of rotatable bonds is 4. The molecule has 1 aromatic carbocycles. The van der Waals surface area contributed by atoms with Gasteiger partial charge >= 0.3 is 0 Å². The van der Waals surface area contributed by atoms with Crippen LogP contribution in [0.3, 0.4) is 0 Å². The molecule has 0 saturated carbocycles. The van der Waals surface area contributed by atoms with E-state index in [-0.39, 0.29) is 5.56 Å². The Hall–Kier alpha value is -1.44. The van der Waals surface area contributed by atoms with E-state index in [0.717, 1.165) is 38.2 Å². The molecule has 96 valence electrons. The van der Waals surface area contributed by atoms with Crippen LogP contribution in [0.15, 0.2) is 18.2 Å². The molecule has 3 nitrogen and oxygen atoms in total. The van der Waals surface area contributed by atoms with Crippen molar-refractivity contribution in [1.29, 1.82) is 5.26 Å². The van der Waals surface area contributed by atoms with E-state index in [1.807, 2.05) is 6.07 Å². The van der Waals surface area contributed by atoms with Gasteiger partial charge < -0.3 is 5.32 Å². The summed E-state index contributed by atoms with van der Waals surface area (Å²) in [6.45, 7) is 5.95. The van der Waals surface area contributed by atoms with Crippen molar-refractivity contribution in [2.24, 2.45) is 0 Å². The van der Waals surface area contributed by atoms with Gasteiger partial charge in [0.1, 0.15) is 11.9 Å². The zero-order chi connectivity index (χ0) is 13.0. The summed E-state index contributed by atoms with van der Waals surface area (Å²) in [7, 11) is 0. The van der Waals surface area contributed by atoms with Gasteiger partial charge in [-0.25, -0.2) is 4.39 Å². The molecule has 0 amide bonds. The molecule has 0 bridgehead atoms. The summed E-state index contributed by atoms with van der Waals surface area (Å²) in [5, 5.41) is 12.2. The van der Waals surface area contributed by atoms with Crippen LogP contribution >= 0.6 is 0 Å². The van der Waals surface area contributed by atoms with Crippen molar-refractivity contribution in [3.05, 3.63) is 35.1 Å². The van der Waals surface area contributed by atoms with Crippen molar-refractivity contribution in [1.82, 2.24) is 10.2 Å². The normalized spacial score (nSPS) is 19.1. The maximum atomic E-state index is 13.2. The van der Waals surface area contributed by atoms with Crippen molar-refractivity contribution >= 4 is 0 Å². The Labute approximate surface area is 107 Å². The number of hydrogen-bond donors (Lipinski definition) is 1. The third-order valence-electron chi connectivity index (χ3n) is 3.49. The summed E-state index contributed by atoms with van der Waals surface area (Å²) in [6.07, 6.45) is 1.15. The molecule has 1 heterocycles. The summed E-state index contributed by atoms with van der Waals surface area (Å²) in [4.78, 5) is 2.37. The smallest absolute Gasteiger partial charge is 0.140 e. The largest absolute Gasteiger partial charge is 0.315 e. The summed E-state index contributed by atoms with van der Waals surface area (Å²) in [5.74, 6) is -0.438. The average Bonchev–Trinajstić information content (AvgIpc) is 2.91. The minimum absolute atomic E-state index is 0.133. The maximum Gasteiger partial charge on any atom is 0.140 e. The molecule has 1 fully saturated rings. The van der Waals surface area contributed by atoms with Gasteiger partial charge in [-0.3, -0.25) is 4.90 Å². The van der Waals surface area contributed by atoms with Crippen molar-refractivity contribution in [2.75, 3.05) is 19.6 Å². The van der Waals surface area contributed by atoms with Gasteiger partial charge in [0.2, 0.25) is 0 Å². The first-order chi connectivity index (χ1) is 8.74. The van der Waals surface area contributed by atoms with Crippen LogP contribution in [0, 0.1) is 17.1 Å². The fourth-order valence-corrected chi connectivity index (χ4v) is 2.44. The van der Waals surface area contributed by atoms with Crippen LogP contribution in [0.5, 0.6) is 0 Å². The van der Waals surface area contributed by atoms with E-state index in [2.05, 4.69) is 17.1 Å². The van der Waals surface area contributed by atoms with Crippen LogP contribution in [0.25, 0.3) is 0 Å². The molecule has 18 heavy (non-hydrogen) atoms. The van der Waals surface area contributed by atoms with Crippen LogP contribution in [-0.4, -0.2) is 30.6 Å². The highest BCUT2D eigenvalue weighted by Gasteiger charge is 2.21. The second-order valence-electron chi connectivity index (χ2n) is 4.64. The maximum absolute atomic E-state index is 13.2. The molecule has 0 aliphatic carbocycles. The Kier molecular flexibility index (Phi) is 4.29. The predicted molar refractivity (Wildman–Crippen MR) is 68.5 cm³/mol. The molecule has 1 aliphatic rings. The van der Waals surface area contributed by atoms with Gasteiger partial charge in [0, 0.05) is 19.1 Å². The molecule has 1 unspecified atom stereocenters. The monoisotopic (exact) mass is 247 g/mol. The second kappa shape index (κ2) is 5.94. The third kappa shape index (κ3) is 2.87. The minimum Gasteiger partial charge on any atom is -0.315 e. The number of likely N-dealkylation sites (N-methyl/N-ethyl adjacent to an activating group) is 1. The number of nitrogens with zero attached hydrogens (tertiary/aromatic N) is 2. The molecule has 1 atom stereocenters. The van der Waals surface area contributed by atoms with Gasteiger partial charge in [0.25, 0.3) is 0 Å². The highest BCUT2D eigenvalue weighted by Crippen LogP contribution is 2.15. The predicted octanol–water partition coefficient (Wildman–Crippen LogP) is 1.88. The lowest BCUT2D eigenvalue weighted by molar-refractivity contribution is 0.210. The summed E-state index contributed by atoms with van der Waals surface area (Å²) >= 11 is 0. The van der Waals surface area contributed by atoms with E-state index in [1.54, 1.807) is 12.1 Å². The van der Waals surface area contributed by atoms with Crippen molar-refractivity contribution < 1.29 is 4.39 Å². The van der Waals surface area contributed by atoms with Gasteiger partial charge in [0.15, 0.2) is 0 Å². The summed E-state index contributed by atoms with van der Waals surface area (Å²) in [6, 6.07) is 7.24. The first-order valence-electron chi connectivity index (χ1n) is 6.38. The highest BCUT2D eigenvalue weighted by atomic mass is 19.1. The first kappa shape index (κ1) is 13.0. The molecule has 1 aliphatic heterocycles. The standard InChI is InChI=1S/C14H18FN3/c1-2-18(13-5-6-17-9-13)10-11-3-4-14(15)12(7-11)8-16/h3-4,7,13,17H,2,5-6,9-10H2,1H3. The number of halogens is 1. The average molecular weight is 247 g/mol. The highest BCUT2D eigenvalue weighted by molar-refractivity contribution is 5.34. The van der Waals surface area contributed by atoms with E-state index in [4.69, 9.17) is 5.26 Å². The first-order valence-corrected chi connectivity index (χ1v) is 6.38. The van der Waals surface area contributed by atoms with E-state index in [1.165, 1.54) is 6.07 Å². The molecule has 4 heteroatoms. The lowest BCUT2D eigenvalue weighted by Gasteiger charge is -2.26. The van der Waals surface area contributed by atoms with E-state index in [9.17, 15) is 4.39 Å². The van der Waals surface area contributed by atoms with Crippen LogP contribution in [0.1, 0.15) is 24.5 Å². The lowest BCUT2D eigenvalue weighted by atomic mass is 10.1. The number of nitrogens with one attached hydrogen (secondary N) is 1. The van der Waals surface area contributed by atoms with Crippen molar-refractivity contribution in [3.8, 4) is 6.07 Å². The summed E-state index contributed by atoms with van der Waals surface area (Å²) < 4.78 is 13.2. The zero-order valence-corrected chi connectivity index (χ0v) is 10.6. The SMILES string of the molecule is CCN(Cc1ccc(F)c(C#N)c1)C1CCNC1. The van der Waals surface area contributed by atoms with Crippen LogP contribution in [-0.2, 0) is 6.54 Å². The van der Waals surface area contributed by atoms with Crippen molar-refractivity contribution in [2.45, 2.75) is 25.9 Å². The quantitative estimate of drug-likeness (QED) is 0.883. The third-order valence-corrected chi connectivity index (χ3v) is 3.49. The van der Waals surface area contributed by atoms with Gasteiger partial charge in [-0.15, -0.1) is 0 Å². The molecule has 0 radical (unpaired) electrons. The van der Waals surface area contributed by atoms with Crippen LogP contribution in [0.4, 0.5) is 4.39 Å². The van der Waals surface area contributed by atoms with Crippen LogP contribution in [0.2, 0.25) is 0 Å². The zero-order valence-electron chi connectivity index (χ0n) is 10.6. The Bertz CT molecular complexity index is 447. The number of hydrogen-bond acceptors (Lipinski definition) is 3. The van der Waals surface area contributed by atoms with Gasteiger partial charge in [-0.1, -0.05) is 13.0 Å². The van der Waals surface area contributed by atoms with E-state index in [0.29, 0.717) is 6.04 Å².